The van der Waals surface area contributed by atoms with Gasteiger partial charge in [-0.3, -0.25) is 9.59 Å². The molecular formula is C38H30N4O5S. The molecule has 2 amide bonds. The van der Waals surface area contributed by atoms with E-state index in [1.165, 1.54) is 12.1 Å². The van der Waals surface area contributed by atoms with Crippen LogP contribution in [0.25, 0.3) is 38.0 Å². The quantitative estimate of drug-likeness (QED) is 0.125. The highest BCUT2D eigenvalue weighted by Crippen LogP contribution is 2.45. The predicted octanol–water partition coefficient (Wildman–Crippen LogP) is 8.00. The Hall–Kier alpha value is -6.00. The van der Waals surface area contributed by atoms with E-state index in [0.29, 0.717) is 36.6 Å². The average molecular weight is 655 g/mol. The van der Waals surface area contributed by atoms with E-state index >= 15 is 0 Å². The molecule has 0 bridgehead atoms. The summed E-state index contributed by atoms with van der Waals surface area (Å²) in [5.74, 6) is -1.76. The summed E-state index contributed by atoms with van der Waals surface area (Å²) < 4.78 is 6.10. The third-order valence-electron chi connectivity index (χ3n) is 8.30. The maximum Gasteiger partial charge on any atom is 0.355 e. The molecule has 6 aromatic rings. The maximum absolute atomic E-state index is 14.5. The van der Waals surface area contributed by atoms with Gasteiger partial charge in [0.05, 0.1) is 0 Å². The summed E-state index contributed by atoms with van der Waals surface area (Å²) in [5.41, 5.74) is 5.87. The molecule has 0 aliphatic carbocycles. The number of nitrogens with zero attached hydrogens (tertiary/aromatic N) is 1. The van der Waals surface area contributed by atoms with Gasteiger partial charge >= 0.3 is 5.97 Å². The number of aromatic amines is 1. The van der Waals surface area contributed by atoms with E-state index in [4.69, 9.17) is 4.74 Å². The molecular weight excluding hydrogens is 625 g/mol. The van der Waals surface area contributed by atoms with Crippen molar-refractivity contribution < 1.29 is 24.2 Å². The summed E-state index contributed by atoms with van der Waals surface area (Å²) in [6, 6.07) is 23.8. The lowest BCUT2D eigenvalue weighted by atomic mass is 9.92. The molecule has 238 valence electrons. The number of carboxylic acids is 1. The van der Waals surface area contributed by atoms with Crippen molar-refractivity contribution in [3.05, 3.63) is 131 Å². The Labute approximate surface area is 279 Å². The molecule has 0 saturated carbocycles. The van der Waals surface area contributed by atoms with E-state index in [2.05, 4.69) is 27.2 Å². The molecule has 7 rings (SSSR count). The highest BCUT2D eigenvalue weighted by Gasteiger charge is 2.28. The number of amides is 2. The van der Waals surface area contributed by atoms with Gasteiger partial charge in [-0.2, -0.15) is 0 Å². The Morgan fingerprint density at radius 1 is 0.979 bits per heavy atom. The van der Waals surface area contributed by atoms with Crippen molar-refractivity contribution in [2.75, 3.05) is 11.9 Å². The molecule has 0 radical (unpaired) electrons. The first kappa shape index (κ1) is 30.6. The van der Waals surface area contributed by atoms with Gasteiger partial charge in [0.1, 0.15) is 18.1 Å². The number of benzene rings is 3. The number of ether oxygens (including phenoxy) is 1. The van der Waals surface area contributed by atoms with E-state index in [1.54, 1.807) is 23.5 Å². The number of pyridine rings is 1. The van der Waals surface area contributed by atoms with Crippen LogP contribution in [0.15, 0.2) is 97.0 Å². The molecule has 0 atom stereocenters. The van der Waals surface area contributed by atoms with Crippen molar-refractivity contribution in [2.45, 2.75) is 20.0 Å². The van der Waals surface area contributed by atoms with Gasteiger partial charge in [0.15, 0.2) is 5.69 Å². The van der Waals surface area contributed by atoms with Crippen LogP contribution in [0.5, 0.6) is 5.75 Å². The maximum atomic E-state index is 14.5. The molecule has 3 aromatic carbocycles. The van der Waals surface area contributed by atoms with Crippen LogP contribution in [-0.2, 0) is 6.61 Å². The normalized spacial score (nSPS) is 11.7. The van der Waals surface area contributed by atoms with E-state index in [-0.39, 0.29) is 22.5 Å². The van der Waals surface area contributed by atoms with Crippen LogP contribution in [-0.4, -0.2) is 39.4 Å². The lowest BCUT2D eigenvalue weighted by Crippen LogP contribution is -2.25. The number of fused-ring (bicyclic) bond motifs is 4. The summed E-state index contributed by atoms with van der Waals surface area (Å²) in [6.07, 6.45) is 2.55. The highest BCUT2D eigenvalue weighted by atomic mass is 32.1. The van der Waals surface area contributed by atoms with Crippen LogP contribution < -0.4 is 15.4 Å². The Kier molecular flexibility index (Phi) is 8.08. The fourth-order valence-electron chi connectivity index (χ4n) is 5.96. The predicted molar refractivity (Wildman–Crippen MR) is 188 cm³/mol. The number of carboxylic acid groups (broad SMARTS) is 1. The van der Waals surface area contributed by atoms with Crippen molar-refractivity contribution in [1.29, 1.82) is 0 Å². The van der Waals surface area contributed by atoms with Gasteiger partial charge in [0.2, 0.25) is 0 Å². The first-order valence-corrected chi connectivity index (χ1v) is 16.3. The zero-order valence-corrected chi connectivity index (χ0v) is 26.7. The molecule has 0 fully saturated rings. The molecule has 9 nitrogen and oxygen atoms in total. The smallest absolute Gasteiger partial charge is 0.355 e. The SMILES string of the molecule is C=C(c1ccccc1)c1c(NC(=O)c2cc3c(cc2-c2ccc(C(=O)NCCC)nc2C(=O)O)OCc2ccsc2-3)ccc2[nH]ccc12. The number of H-pyrrole nitrogens is 1. The second-order valence-corrected chi connectivity index (χ2v) is 12.3. The molecule has 0 saturated heterocycles. The number of aromatic nitrogens is 2. The van der Waals surface area contributed by atoms with Gasteiger partial charge in [-0.25, -0.2) is 9.78 Å². The third kappa shape index (κ3) is 5.52. The summed E-state index contributed by atoms with van der Waals surface area (Å²) in [7, 11) is 0. The topological polar surface area (TPSA) is 133 Å². The number of anilines is 1. The molecule has 1 aliphatic rings. The van der Waals surface area contributed by atoms with Gasteiger partial charge in [-0.05, 0) is 71.5 Å². The van der Waals surface area contributed by atoms with Gasteiger partial charge in [-0.15, -0.1) is 11.3 Å². The van der Waals surface area contributed by atoms with Crippen LogP contribution in [0.3, 0.4) is 0 Å². The number of carbonyl (C=O) groups is 3. The summed E-state index contributed by atoms with van der Waals surface area (Å²) >= 11 is 1.54. The lowest BCUT2D eigenvalue weighted by molar-refractivity contribution is 0.0691. The Bertz CT molecular complexity index is 2250. The van der Waals surface area contributed by atoms with Crippen molar-refractivity contribution in [1.82, 2.24) is 15.3 Å². The van der Waals surface area contributed by atoms with E-state index in [1.807, 2.05) is 73.1 Å². The molecule has 0 unspecified atom stereocenters. The van der Waals surface area contributed by atoms with Crippen molar-refractivity contribution >= 4 is 51.3 Å². The molecule has 4 N–H and O–H groups in total. The Balaban J connectivity index is 1.37. The highest BCUT2D eigenvalue weighted by molar-refractivity contribution is 7.13. The van der Waals surface area contributed by atoms with Crippen LogP contribution in [0.1, 0.15) is 61.4 Å². The minimum Gasteiger partial charge on any atom is -0.488 e. The monoisotopic (exact) mass is 654 g/mol. The van der Waals surface area contributed by atoms with E-state index in [9.17, 15) is 19.5 Å². The number of nitrogens with one attached hydrogen (secondary N) is 3. The molecule has 0 spiro atoms. The number of aromatic carboxylic acids is 1. The van der Waals surface area contributed by atoms with Crippen LogP contribution in [0.2, 0.25) is 0 Å². The number of hydrogen-bond donors (Lipinski definition) is 4. The minimum absolute atomic E-state index is 0.0306. The van der Waals surface area contributed by atoms with Crippen molar-refractivity contribution in [3.63, 3.8) is 0 Å². The summed E-state index contributed by atoms with van der Waals surface area (Å²) in [6.45, 7) is 7.08. The molecule has 4 heterocycles. The first-order chi connectivity index (χ1) is 23.3. The molecule has 1 aliphatic heterocycles. The van der Waals surface area contributed by atoms with Gasteiger partial charge in [0.25, 0.3) is 11.8 Å². The first-order valence-electron chi connectivity index (χ1n) is 15.4. The van der Waals surface area contributed by atoms with Crippen molar-refractivity contribution in [3.8, 4) is 27.3 Å². The van der Waals surface area contributed by atoms with Gasteiger partial charge < -0.3 is 25.5 Å². The standard InChI is InChI=1S/C38H30N4O5S/c1-3-15-40-37(44)31-10-9-24(34(41-31)38(45)46)26-19-32-28(35-23(20-47-32)14-17-48-35)18-27(26)36(43)42-30-12-11-29-25(13-16-39-29)33(30)21(2)22-7-5-4-6-8-22/h4-14,16-19,39H,2-3,15,20H2,1H3,(H,40,44)(H,42,43)(H,45,46). The van der Waals surface area contributed by atoms with Crippen molar-refractivity contribution in [2.24, 2.45) is 0 Å². The van der Waals surface area contributed by atoms with Crippen LogP contribution >= 0.6 is 11.3 Å². The third-order valence-corrected chi connectivity index (χ3v) is 9.29. The van der Waals surface area contributed by atoms with Crippen LogP contribution in [0.4, 0.5) is 5.69 Å². The second-order valence-electron chi connectivity index (χ2n) is 11.3. The molecule has 10 heteroatoms. The number of hydrogen-bond acceptors (Lipinski definition) is 6. The number of thiophene rings is 1. The number of rotatable bonds is 9. The number of carbonyl (C=O) groups excluding carboxylic acids is 2. The van der Waals surface area contributed by atoms with Gasteiger partial charge in [0, 0.05) is 67.6 Å². The zero-order valence-electron chi connectivity index (χ0n) is 25.9. The second kappa shape index (κ2) is 12.7. The van der Waals surface area contributed by atoms with E-state index < -0.39 is 17.8 Å². The minimum atomic E-state index is -1.33. The van der Waals surface area contributed by atoms with E-state index in [0.717, 1.165) is 43.6 Å². The van der Waals surface area contributed by atoms with Gasteiger partial charge in [-0.1, -0.05) is 43.8 Å². The largest absolute Gasteiger partial charge is 0.488 e. The fourth-order valence-corrected chi connectivity index (χ4v) is 6.89. The summed E-state index contributed by atoms with van der Waals surface area (Å²) in [4.78, 5) is 48.2. The Morgan fingerprint density at radius 2 is 1.81 bits per heavy atom. The Morgan fingerprint density at radius 3 is 2.60 bits per heavy atom. The zero-order chi connectivity index (χ0) is 33.4. The fraction of sp³-hybridized carbons (Fsp3) is 0.105. The molecule has 3 aromatic heterocycles. The summed E-state index contributed by atoms with van der Waals surface area (Å²) in [5, 5.41) is 19.0. The van der Waals surface area contributed by atoms with Crippen LogP contribution in [0, 0.1) is 0 Å². The molecule has 48 heavy (non-hydrogen) atoms. The lowest BCUT2D eigenvalue weighted by Gasteiger charge is -2.22. The average Bonchev–Trinajstić information content (AvgIpc) is 3.80.